The second-order valence-corrected chi connectivity index (χ2v) is 6.57. The van der Waals surface area contributed by atoms with Gasteiger partial charge in [0.15, 0.2) is 5.96 Å². The SMILES string of the molecule is CN=C(NCC1(O)CCCC1)N1CCN(C2CC2)C(=O)C1.I. The van der Waals surface area contributed by atoms with Gasteiger partial charge in [0.2, 0.25) is 5.91 Å². The van der Waals surface area contributed by atoms with Gasteiger partial charge in [-0.25, -0.2) is 0 Å². The fraction of sp³-hybridized carbons (Fsp3) is 0.867. The third-order valence-electron chi connectivity index (χ3n) is 4.87. The van der Waals surface area contributed by atoms with Crippen molar-refractivity contribution in [2.45, 2.75) is 50.2 Å². The Labute approximate surface area is 149 Å². The largest absolute Gasteiger partial charge is 0.388 e. The summed E-state index contributed by atoms with van der Waals surface area (Å²) < 4.78 is 0. The van der Waals surface area contributed by atoms with Gasteiger partial charge >= 0.3 is 0 Å². The van der Waals surface area contributed by atoms with Crippen molar-refractivity contribution in [1.82, 2.24) is 15.1 Å². The number of piperazine rings is 1. The molecule has 1 amide bonds. The van der Waals surface area contributed by atoms with Gasteiger partial charge in [-0.05, 0) is 25.7 Å². The van der Waals surface area contributed by atoms with E-state index in [1.807, 2.05) is 9.80 Å². The highest BCUT2D eigenvalue weighted by Gasteiger charge is 2.37. The maximum absolute atomic E-state index is 12.2. The summed E-state index contributed by atoms with van der Waals surface area (Å²) in [5.41, 5.74) is -0.601. The first kappa shape index (κ1) is 17.8. The predicted molar refractivity (Wildman–Crippen MR) is 96.5 cm³/mol. The van der Waals surface area contributed by atoms with Crippen LogP contribution < -0.4 is 5.32 Å². The molecule has 2 aliphatic carbocycles. The number of carbonyl (C=O) groups excluding carboxylic acids is 1. The fourth-order valence-corrected chi connectivity index (χ4v) is 3.43. The van der Waals surface area contributed by atoms with Gasteiger partial charge in [0.25, 0.3) is 0 Å². The minimum Gasteiger partial charge on any atom is -0.388 e. The predicted octanol–water partition coefficient (Wildman–Crippen LogP) is 0.791. The first-order chi connectivity index (χ1) is 10.1. The Bertz CT molecular complexity index is 433. The molecule has 0 unspecified atom stereocenters. The Balaban J connectivity index is 0.00000176. The van der Waals surface area contributed by atoms with Gasteiger partial charge < -0.3 is 20.2 Å². The van der Waals surface area contributed by atoms with E-state index in [-0.39, 0.29) is 29.9 Å². The molecule has 22 heavy (non-hydrogen) atoms. The third kappa shape index (κ3) is 4.04. The van der Waals surface area contributed by atoms with E-state index in [4.69, 9.17) is 0 Å². The highest BCUT2D eigenvalue weighted by molar-refractivity contribution is 14.0. The molecule has 126 valence electrons. The molecule has 0 spiro atoms. The molecule has 1 saturated heterocycles. The van der Waals surface area contributed by atoms with Gasteiger partial charge in [-0.2, -0.15) is 0 Å². The molecule has 1 aliphatic heterocycles. The van der Waals surface area contributed by atoms with E-state index < -0.39 is 5.60 Å². The Morgan fingerprint density at radius 3 is 2.59 bits per heavy atom. The van der Waals surface area contributed by atoms with E-state index in [9.17, 15) is 9.90 Å². The lowest BCUT2D eigenvalue weighted by Gasteiger charge is -2.37. The van der Waals surface area contributed by atoms with Gasteiger partial charge in [-0.3, -0.25) is 9.79 Å². The second-order valence-electron chi connectivity index (χ2n) is 6.57. The number of aliphatic hydroxyl groups is 1. The van der Waals surface area contributed by atoms with E-state index in [1.165, 1.54) is 0 Å². The fourth-order valence-electron chi connectivity index (χ4n) is 3.43. The van der Waals surface area contributed by atoms with Crippen LogP contribution in [0.5, 0.6) is 0 Å². The standard InChI is InChI=1S/C15H26N4O2.HI/c1-16-14(17-11-15(21)6-2-3-7-15)18-8-9-19(12-4-5-12)13(20)10-18;/h12,21H,2-11H2,1H3,(H,16,17);1H. The van der Waals surface area contributed by atoms with Crippen LogP contribution in [0.1, 0.15) is 38.5 Å². The normalized spacial score (nSPS) is 25.2. The van der Waals surface area contributed by atoms with Crippen LogP contribution >= 0.6 is 24.0 Å². The highest BCUT2D eigenvalue weighted by Crippen LogP contribution is 2.29. The van der Waals surface area contributed by atoms with Crippen molar-refractivity contribution in [2.24, 2.45) is 4.99 Å². The van der Waals surface area contributed by atoms with Gasteiger partial charge in [0.1, 0.15) is 0 Å². The molecule has 2 saturated carbocycles. The number of hydrogen-bond acceptors (Lipinski definition) is 3. The number of rotatable bonds is 3. The molecule has 6 nitrogen and oxygen atoms in total. The third-order valence-corrected chi connectivity index (χ3v) is 4.87. The molecule has 0 atom stereocenters. The van der Waals surface area contributed by atoms with Crippen LogP contribution in [0.15, 0.2) is 4.99 Å². The van der Waals surface area contributed by atoms with Crippen LogP contribution in [-0.2, 0) is 4.79 Å². The quantitative estimate of drug-likeness (QED) is 0.401. The van der Waals surface area contributed by atoms with Crippen molar-refractivity contribution in [2.75, 3.05) is 33.2 Å². The van der Waals surface area contributed by atoms with Crippen LogP contribution in [0, 0.1) is 0 Å². The molecular weight excluding hydrogens is 395 g/mol. The zero-order valence-electron chi connectivity index (χ0n) is 13.3. The van der Waals surface area contributed by atoms with Crippen LogP contribution in [0.4, 0.5) is 0 Å². The van der Waals surface area contributed by atoms with Gasteiger partial charge in [-0.1, -0.05) is 12.8 Å². The molecule has 0 radical (unpaired) electrons. The van der Waals surface area contributed by atoms with Gasteiger partial charge in [0, 0.05) is 32.7 Å². The Morgan fingerprint density at radius 1 is 1.36 bits per heavy atom. The Hall–Kier alpha value is -0.570. The number of hydrogen-bond donors (Lipinski definition) is 2. The molecule has 3 fully saturated rings. The molecule has 7 heteroatoms. The summed E-state index contributed by atoms with van der Waals surface area (Å²) in [7, 11) is 1.73. The second kappa shape index (κ2) is 7.33. The molecule has 3 aliphatic rings. The average Bonchev–Trinajstić information content (AvgIpc) is 3.22. The Kier molecular flexibility index (Phi) is 5.93. The van der Waals surface area contributed by atoms with E-state index >= 15 is 0 Å². The van der Waals surface area contributed by atoms with E-state index in [2.05, 4.69) is 10.3 Å². The highest BCUT2D eigenvalue weighted by atomic mass is 127. The van der Waals surface area contributed by atoms with Crippen LogP contribution in [0.3, 0.4) is 0 Å². The van der Waals surface area contributed by atoms with Crippen molar-refractivity contribution >= 4 is 35.8 Å². The maximum Gasteiger partial charge on any atom is 0.242 e. The molecule has 0 aromatic heterocycles. The monoisotopic (exact) mass is 422 g/mol. The van der Waals surface area contributed by atoms with Crippen LogP contribution in [-0.4, -0.2) is 71.6 Å². The molecular formula is C15H27IN4O2. The summed E-state index contributed by atoms with van der Waals surface area (Å²) in [6, 6.07) is 0.494. The summed E-state index contributed by atoms with van der Waals surface area (Å²) in [5.74, 6) is 0.936. The van der Waals surface area contributed by atoms with Crippen molar-refractivity contribution < 1.29 is 9.90 Å². The minimum atomic E-state index is -0.601. The first-order valence-electron chi connectivity index (χ1n) is 8.09. The maximum atomic E-state index is 12.2. The van der Waals surface area contributed by atoms with E-state index in [0.29, 0.717) is 19.1 Å². The molecule has 0 aromatic carbocycles. The van der Waals surface area contributed by atoms with Crippen molar-refractivity contribution in [3.05, 3.63) is 0 Å². The first-order valence-corrected chi connectivity index (χ1v) is 8.09. The number of amides is 1. The molecule has 3 rings (SSSR count). The molecule has 1 heterocycles. The average molecular weight is 422 g/mol. The number of aliphatic imine (C=N–C) groups is 1. The van der Waals surface area contributed by atoms with E-state index in [1.54, 1.807) is 7.05 Å². The molecule has 0 bridgehead atoms. The Morgan fingerprint density at radius 2 is 2.05 bits per heavy atom. The lowest BCUT2D eigenvalue weighted by Crippen LogP contribution is -2.57. The van der Waals surface area contributed by atoms with E-state index in [0.717, 1.165) is 57.6 Å². The minimum absolute atomic E-state index is 0. The lowest BCUT2D eigenvalue weighted by molar-refractivity contribution is -0.135. The topological polar surface area (TPSA) is 68.2 Å². The van der Waals surface area contributed by atoms with Crippen molar-refractivity contribution in [1.29, 1.82) is 0 Å². The number of nitrogens with zero attached hydrogens (tertiary/aromatic N) is 3. The summed E-state index contributed by atoms with van der Waals surface area (Å²) in [4.78, 5) is 20.5. The molecule has 2 N–H and O–H groups in total. The number of guanidine groups is 1. The van der Waals surface area contributed by atoms with Gasteiger partial charge in [-0.15, -0.1) is 24.0 Å². The zero-order valence-corrected chi connectivity index (χ0v) is 15.6. The summed E-state index contributed by atoms with van der Waals surface area (Å²) in [6.45, 7) is 2.53. The van der Waals surface area contributed by atoms with Crippen molar-refractivity contribution in [3.8, 4) is 0 Å². The molecule has 0 aromatic rings. The zero-order chi connectivity index (χ0) is 14.9. The van der Waals surface area contributed by atoms with Crippen LogP contribution in [0.25, 0.3) is 0 Å². The smallest absolute Gasteiger partial charge is 0.242 e. The lowest BCUT2D eigenvalue weighted by atomic mass is 10.0. The number of carbonyl (C=O) groups is 1. The van der Waals surface area contributed by atoms with Crippen LogP contribution in [0.2, 0.25) is 0 Å². The number of halogens is 1. The summed E-state index contributed by atoms with van der Waals surface area (Å²) >= 11 is 0. The number of nitrogens with one attached hydrogen (secondary N) is 1. The van der Waals surface area contributed by atoms with Gasteiger partial charge in [0.05, 0.1) is 12.1 Å². The summed E-state index contributed by atoms with van der Waals surface area (Å²) in [6.07, 6.45) is 6.21. The summed E-state index contributed by atoms with van der Waals surface area (Å²) in [5, 5.41) is 13.7. The van der Waals surface area contributed by atoms with Crippen molar-refractivity contribution in [3.63, 3.8) is 0 Å².